The third-order valence-electron chi connectivity index (χ3n) is 2.84. The number of aromatic hydroxyl groups is 1. The minimum absolute atomic E-state index is 0.0488. The molecule has 0 aliphatic carbocycles. The van der Waals surface area contributed by atoms with Crippen LogP contribution in [0.2, 0.25) is 0 Å². The molecule has 1 aliphatic rings. The van der Waals surface area contributed by atoms with Crippen LogP contribution in [0.1, 0.15) is 6.42 Å². The van der Waals surface area contributed by atoms with Gasteiger partial charge in [-0.3, -0.25) is 9.59 Å². The lowest BCUT2D eigenvalue weighted by molar-refractivity contribution is -0.123. The molecule has 1 aromatic carbocycles. The van der Waals surface area contributed by atoms with Crippen LogP contribution in [0.25, 0.3) is 0 Å². The maximum Gasteiger partial charge on any atom is 0.227 e. The van der Waals surface area contributed by atoms with Crippen LogP contribution < -0.4 is 10.6 Å². The second-order valence-electron chi connectivity index (χ2n) is 4.06. The summed E-state index contributed by atoms with van der Waals surface area (Å²) in [5, 5.41) is 9.50. The van der Waals surface area contributed by atoms with Crippen molar-refractivity contribution in [3.8, 4) is 5.75 Å². The van der Waals surface area contributed by atoms with E-state index < -0.39 is 35.1 Å². The van der Waals surface area contributed by atoms with Gasteiger partial charge in [-0.25, -0.2) is 8.78 Å². The molecule has 1 heterocycles. The van der Waals surface area contributed by atoms with E-state index in [-0.39, 0.29) is 18.7 Å². The molecule has 5 nitrogen and oxygen atoms in total. The fourth-order valence-electron chi connectivity index (χ4n) is 1.87. The molecular formula is C11H10F2N2O3. The van der Waals surface area contributed by atoms with Crippen molar-refractivity contribution >= 4 is 17.5 Å². The highest BCUT2D eigenvalue weighted by molar-refractivity contribution is 6.01. The number of rotatable bonds is 2. The SMILES string of the molecule is NC(=O)C1CC(=O)N(c2cc(F)c(F)cc2O)C1. The fraction of sp³-hybridized carbons (Fsp3) is 0.273. The van der Waals surface area contributed by atoms with E-state index in [0.717, 1.165) is 4.90 Å². The molecule has 18 heavy (non-hydrogen) atoms. The van der Waals surface area contributed by atoms with E-state index in [1.54, 1.807) is 0 Å². The molecule has 0 bridgehead atoms. The lowest BCUT2D eigenvalue weighted by Gasteiger charge is -2.17. The van der Waals surface area contributed by atoms with Crippen molar-refractivity contribution < 1.29 is 23.5 Å². The predicted octanol–water partition coefficient (Wildman–Crippen LogP) is 0.509. The van der Waals surface area contributed by atoms with Gasteiger partial charge in [-0.15, -0.1) is 0 Å². The number of amides is 2. The smallest absolute Gasteiger partial charge is 0.227 e. The Morgan fingerprint density at radius 1 is 1.39 bits per heavy atom. The number of anilines is 1. The van der Waals surface area contributed by atoms with E-state index in [1.165, 1.54) is 0 Å². The third-order valence-corrected chi connectivity index (χ3v) is 2.84. The highest BCUT2D eigenvalue weighted by Gasteiger charge is 2.35. The van der Waals surface area contributed by atoms with Gasteiger partial charge in [0, 0.05) is 25.1 Å². The fourth-order valence-corrected chi connectivity index (χ4v) is 1.87. The molecule has 7 heteroatoms. The Kier molecular flexibility index (Phi) is 2.90. The van der Waals surface area contributed by atoms with Crippen molar-refractivity contribution in [1.29, 1.82) is 0 Å². The number of carbonyl (C=O) groups is 2. The van der Waals surface area contributed by atoms with Crippen LogP contribution in [0.3, 0.4) is 0 Å². The highest BCUT2D eigenvalue weighted by Crippen LogP contribution is 2.33. The topological polar surface area (TPSA) is 83.6 Å². The third kappa shape index (κ3) is 1.99. The Balaban J connectivity index is 2.35. The summed E-state index contributed by atoms with van der Waals surface area (Å²) in [6.45, 7) is -0.0488. The Morgan fingerprint density at radius 3 is 2.56 bits per heavy atom. The van der Waals surface area contributed by atoms with Gasteiger partial charge in [0.1, 0.15) is 5.75 Å². The average molecular weight is 256 g/mol. The molecular weight excluding hydrogens is 246 g/mol. The Bertz CT molecular complexity index is 533. The zero-order chi connectivity index (χ0) is 13.4. The first-order valence-corrected chi connectivity index (χ1v) is 5.18. The molecule has 2 rings (SSSR count). The van der Waals surface area contributed by atoms with Crippen LogP contribution in [0.15, 0.2) is 12.1 Å². The number of halogens is 2. The number of hydrogen-bond donors (Lipinski definition) is 2. The lowest BCUT2D eigenvalue weighted by atomic mass is 10.1. The first-order chi connectivity index (χ1) is 8.40. The first-order valence-electron chi connectivity index (χ1n) is 5.18. The van der Waals surface area contributed by atoms with Crippen molar-refractivity contribution in [3.63, 3.8) is 0 Å². The molecule has 96 valence electrons. The van der Waals surface area contributed by atoms with Gasteiger partial charge in [-0.1, -0.05) is 0 Å². The monoisotopic (exact) mass is 256 g/mol. The number of benzene rings is 1. The summed E-state index contributed by atoms with van der Waals surface area (Å²) in [5.41, 5.74) is 4.91. The second-order valence-corrected chi connectivity index (χ2v) is 4.06. The molecule has 0 aromatic heterocycles. The standard InChI is InChI=1S/C11H10F2N2O3/c12-6-2-8(9(16)3-7(6)13)15-4-5(11(14)18)1-10(15)17/h2-3,5,16H,1,4H2,(H2,14,18). The summed E-state index contributed by atoms with van der Waals surface area (Å²) < 4.78 is 25.9. The van der Waals surface area contributed by atoms with Crippen molar-refractivity contribution in [3.05, 3.63) is 23.8 Å². The number of nitrogens with two attached hydrogens (primary N) is 1. The van der Waals surface area contributed by atoms with Gasteiger partial charge >= 0.3 is 0 Å². The Morgan fingerprint density at radius 2 is 2.00 bits per heavy atom. The van der Waals surface area contributed by atoms with Crippen molar-refractivity contribution in [2.45, 2.75) is 6.42 Å². The van der Waals surface area contributed by atoms with E-state index in [4.69, 9.17) is 5.73 Å². The van der Waals surface area contributed by atoms with Gasteiger partial charge in [0.15, 0.2) is 11.6 Å². The summed E-state index contributed by atoms with van der Waals surface area (Å²) in [7, 11) is 0. The van der Waals surface area contributed by atoms with E-state index in [1.807, 2.05) is 0 Å². The molecule has 1 atom stereocenters. The van der Waals surface area contributed by atoms with Crippen LogP contribution in [0, 0.1) is 17.6 Å². The molecule has 1 fully saturated rings. The van der Waals surface area contributed by atoms with E-state index in [9.17, 15) is 23.5 Å². The van der Waals surface area contributed by atoms with E-state index in [2.05, 4.69) is 0 Å². The minimum atomic E-state index is -1.21. The molecule has 0 saturated carbocycles. The molecule has 0 spiro atoms. The molecule has 0 radical (unpaired) electrons. The first kappa shape index (κ1) is 12.3. The molecule has 1 saturated heterocycles. The van der Waals surface area contributed by atoms with Crippen molar-refractivity contribution in [2.24, 2.45) is 11.7 Å². The number of nitrogens with zero attached hydrogens (tertiary/aromatic N) is 1. The molecule has 1 aliphatic heterocycles. The number of phenolic OH excluding ortho intramolecular Hbond substituents is 1. The van der Waals surface area contributed by atoms with Crippen LogP contribution in [-0.4, -0.2) is 23.5 Å². The van der Waals surface area contributed by atoms with E-state index >= 15 is 0 Å². The molecule has 3 N–H and O–H groups in total. The molecule has 2 amide bonds. The average Bonchev–Trinajstić information content (AvgIpc) is 2.66. The predicted molar refractivity (Wildman–Crippen MR) is 57.7 cm³/mol. The van der Waals surface area contributed by atoms with Crippen LogP contribution >= 0.6 is 0 Å². The number of hydrogen-bond acceptors (Lipinski definition) is 3. The van der Waals surface area contributed by atoms with Crippen LogP contribution in [-0.2, 0) is 9.59 Å². The quantitative estimate of drug-likeness (QED) is 0.808. The zero-order valence-corrected chi connectivity index (χ0v) is 9.19. The summed E-state index contributed by atoms with van der Waals surface area (Å²) in [4.78, 5) is 23.6. The normalized spacial score (nSPS) is 19.3. The van der Waals surface area contributed by atoms with Crippen LogP contribution in [0.4, 0.5) is 14.5 Å². The second kappa shape index (κ2) is 4.25. The van der Waals surface area contributed by atoms with Gasteiger partial charge in [0.25, 0.3) is 0 Å². The number of primary amides is 1. The molecule has 1 unspecified atom stereocenters. The lowest BCUT2D eigenvalue weighted by Crippen LogP contribution is -2.28. The Labute approximate surface area is 101 Å². The maximum atomic E-state index is 13.1. The summed E-state index contributed by atoms with van der Waals surface area (Å²) in [5.74, 6) is -4.77. The van der Waals surface area contributed by atoms with E-state index in [0.29, 0.717) is 12.1 Å². The summed E-state index contributed by atoms with van der Waals surface area (Å²) in [6, 6.07) is 1.29. The van der Waals surface area contributed by atoms with Gasteiger partial charge < -0.3 is 15.7 Å². The molecule has 1 aromatic rings. The Hall–Kier alpha value is -2.18. The maximum absolute atomic E-state index is 13.1. The largest absolute Gasteiger partial charge is 0.506 e. The van der Waals surface area contributed by atoms with Gasteiger partial charge in [-0.2, -0.15) is 0 Å². The van der Waals surface area contributed by atoms with Crippen molar-refractivity contribution in [1.82, 2.24) is 0 Å². The zero-order valence-electron chi connectivity index (χ0n) is 9.19. The van der Waals surface area contributed by atoms with Gasteiger partial charge in [-0.05, 0) is 0 Å². The minimum Gasteiger partial charge on any atom is -0.506 e. The summed E-state index contributed by atoms with van der Waals surface area (Å²) >= 11 is 0. The van der Waals surface area contributed by atoms with Crippen LogP contribution in [0.5, 0.6) is 5.75 Å². The highest BCUT2D eigenvalue weighted by atomic mass is 19.2. The van der Waals surface area contributed by atoms with Gasteiger partial charge in [0.2, 0.25) is 11.8 Å². The van der Waals surface area contributed by atoms with Crippen molar-refractivity contribution in [2.75, 3.05) is 11.4 Å². The summed E-state index contributed by atoms with van der Waals surface area (Å²) in [6.07, 6.45) is -0.103. The number of carbonyl (C=O) groups excluding carboxylic acids is 2. The number of phenols is 1. The van der Waals surface area contributed by atoms with Gasteiger partial charge in [0.05, 0.1) is 11.6 Å².